The first-order valence-electron chi connectivity index (χ1n) is 11.3. The summed E-state index contributed by atoms with van der Waals surface area (Å²) in [6.45, 7) is 3.64. The molecular weight excluding hydrogens is 438 g/mol. The van der Waals surface area contributed by atoms with Crippen molar-refractivity contribution in [2.45, 2.75) is 44.8 Å². The molecule has 1 aliphatic rings. The van der Waals surface area contributed by atoms with Gasteiger partial charge in [0.2, 0.25) is 5.95 Å². The number of hydrogen-bond donors (Lipinski definition) is 3. The molecule has 0 aliphatic heterocycles. The minimum Gasteiger partial charge on any atom is -0.391 e. The second kappa shape index (κ2) is 8.73. The van der Waals surface area contributed by atoms with Crippen molar-refractivity contribution in [1.29, 1.82) is 0 Å². The van der Waals surface area contributed by atoms with Crippen LogP contribution >= 0.6 is 0 Å². The van der Waals surface area contributed by atoms with Gasteiger partial charge >= 0.3 is 0 Å². The van der Waals surface area contributed by atoms with Crippen LogP contribution in [0.5, 0.6) is 0 Å². The van der Waals surface area contributed by atoms with Gasteiger partial charge in [-0.1, -0.05) is 6.92 Å². The number of benzene rings is 1. The van der Waals surface area contributed by atoms with Crippen molar-refractivity contribution in [3.05, 3.63) is 71.7 Å². The largest absolute Gasteiger partial charge is 0.391 e. The zero-order chi connectivity index (χ0) is 24.0. The van der Waals surface area contributed by atoms with Gasteiger partial charge in [-0.05, 0) is 73.1 Å². The molecule has 1 fully saturated rings. The molecule has 0 amide bonds. The molecule has 7 nitrogen and oxygen atoms in total. The molecule has 1 aliphatic carbocycles. The number of halogens is 2. The smallest absolute Gasteiger partial charge is 0.229 e. The SMILES string of the molecule is Cc1cc(F)c(-c2ccc3cnc(Nc4cnccc4[C@H]4C[C@@H](N)[C@@H](O)[C@@H](C)C4)n3n2)c(F)c1. The molecule has 5 rings (SSSR count). The Morgan fingerprint density at radius 2 is 1.88 bits per heavy atom. The maximum atomic E-state index is 14.6. The Morgan fingerprint density at radius 3 is 2.62 bits per heavy atom. The number of hydrogen-bond acceptors (Lipinski definition) is 6. The lowest BCUT2D eigenvalue weighted by atomic mass is 9.74. The van der Waals surface area contributed by atoms with E-state index in [0.717, 1.165) is 17.7 Å². The number of rotatable bonds is 4. The molecule has 34 heavy (non-hydrogen) atoms. The number of fused-ring (bicyclic) bond motifs is 1. The number of aliphatic hydroxyl groups is 1. The number of nitrogens with zero attached hydrogens (tertiary/aromatic N) is 4. The second-order valence-corrected chi connectivity index (χ2v) is 9.13. The van der Waals surface area contributed by atoms with E-state index >= 15 is 0 Å². The first kappa shape index (κ1) is 22.4. The normalized spacial score (nSPS) is 22.8. The molecular formula is C25H26F2N6O. The molecule has 3 aromatic heterocycles. The van der Waals surface area contributed by atoms with Crippen LogP contribution in [-0.2, 0) is 0 Å². The fraction of sp³-hybridized carbons (Fsp3) is 0.320. The summed E-state index contributed by atoms with van der Waals surface area (Å²) in [5.74, 6) is -0.723. The van der Waals surface area contributed by atoms with Gasteiger partial charge in [0.05, 0.1) is 41.0 Å². The van der Waals surface area contributed by atoms with E-state index in [0.29, 0.717) is 23.4 Å². The number of aryl methyl sites for hydroxylation is 1. The van der Waals surface area contributed by atoms with E-state index in [1.54, 1.807) is 37.6 Å². The number of anilines is 2. The van der Waals surface area contributed by atoms with Crippen LogP contribution in [0.2, 0.25) is 0 Å². The molecule has 4 N–H and O–H groups in total. The second-order valence-electron chi connectivity index (χ2n) is 9.13. The van der Waals surface area contributed by atoms with Gasteiger partial charge in [-0.3, -0.25) is 4.98 Å². The van der Waals surface area contributed by atoms with Gasteiger partial charge in [0.25, 0.3) is 0 Å². The summed E-state index contributed by atoms with van der Waals surface area (Å²) in [5, 5.41) is 18.0. The van der Waals surface area contributed by atoms with Crippen LogP contribution in [-0.4, -0.2) is 36.8 Å². The monoisotopic (exact) mass is 464 g/mol. The van der Waals surface area contributed by atoms with E-state index in [2.05, 4.69) is 20.4 Å². The van der Waals surface area contributed by atoms with Crippen molar-refractivity contribution in [2.75, 3.05) is 5.32 Å². The average Bonchev–Trinajstić information content (AvgIpc) is 3.19. The van der Waals surface area contributed by atoms with Crippen LogP contribution in [0.1, 0.15) is 36.8 Å². The fourth-order valence-electron chi connectivity index (χ4n) is 4.86. The van der Waals surface area contributed by atoms with Gasteiger partial charge < -0.3 is 16.2 Å². The fourth-order valence-corrected chi connectivity index (χ4v) is 4.86. The molecule has 0 radical (unpaired) electrons. The van der Waals surface area contributed by atoms with Gasteiger partial charge in [0.1, 0.15) is 11.6 Å². The Hall–Kier alpha value is -3.43. The molecule has 4 atom stereocenters. The molecule has 4 aromatic rings. The number of nitrogens with one attached hydrogen (secondary N) is 1. The maximum Gasteiger partial charge on any atom is 0.229 e. The lowest BCUT2D eigenvalue weighted by Gasteiger charge is -2.36. The quantitative estimate of drug-likeness (QED) is 0.416. The van der Waals surface area contributed by atoms with Crippen molar-refractivity contribution in [3.63, 3.8) is 0 Å². The minimum atomic E-state index is -0.668. The Balaban J connectivity index is 1.51. The minimum absolute atomic E-state index is 0.0746. The van der Waals surface area contributed by atoms with Crippen LogP contribution in [0, 0.1) is 24.5 Å². The molecule has 0 saturated heterocycles. The van der Waals surface area contributed by atoms with Crippen molar-refractivity contribution >= 4 is 17.2 Å². The molecule has 176 valence electrons. The Kier molecular flexibility index (Phi) is 5.75. The van der Waals surface area contributed by atoms with Crippen LogP contribution < -0.4 is 11.1 Å². The van der Waals surface area contributed by atoms with E-state index in [4.69, 9.17) is 5.73 Å². The van der Waals surface area contributed by atoms with Gasteiger partial charge in [-0.25, -0.2) is 13.8 Å². The number of aliphatic hydroxyl groups excluding tert-OH is 1. The highest BCUT2D eigenvalue weighted by Gasteiger charge is 2.34. The van der Waals surface area contributed by atoms with Crippen molar-refractivity contribution in [1.82, 2.24) is 19.6 Å². The first-order valence-corrected chi connectivity index (χ1v) is 11.3. The van der Waals surface area contributed by atoms with Gasteiger partial charge in [0.15, 0.2) is 0 Å². The first-order chi connectivity index (χ1) is 16.3. The predicted molar refractivity (Wildman–Crippen MR) is 126 cm³/mol. The van der Waals surface area contributed by atoms with Crippen LogP contribution in [0.15, 0.2) is 48.9 Å². The van der Waals surface area contributed by atoms with Gasteiger partial charge in [-0.15, -0.1) is 0 Å². The Morgan fingerprint density at radius 1 is 1.12 bits per heavy atom. The summed E-state index contributed by atoms with van der Waals surface area (Å²) in [4.78, 5) is 8.67. The summed E-state index contributed by atoms with van der Waals surface area (Å²) in [6, 6.07) is 7.50. The van der Waals surface area contributed by atoms with E-state index in [-0.39, 0.29) is 29.1 Å². The summed E-state index contributed by atoms with van der Waals surface area (Å²) >= 11 is 0. The summed E-state index contributed by atoms with van der Waals surface area (Å²) in [7, 11) is 0. The van der Waals surface area contributed by atoms with E-state index in [9.17, 15) is 13.9 Å². The summed E-state index contributed by atoms with van der Waals surface area (Å²) in [6.07, 6.45) is 6.00. The molecule has 0 bridgehead atoms. The maximum absolute atomic E-state index is 14.6. The third-order valence-electron chi connectivity index (χ3n) is 6.60. The average molecular weight is 465 g/mol. The van der Waals surface area contributed by atoms with Crippen molar-refractivity contribution in [3.8, 4) is 11.3 Å². The van der Waals surface area contributed by atoms with Crippen LogP contribution in [0.4, 0.5) is 20.4 Å². The Bertz CT molecular complexity index is 1320. The zero-order valence-corrected chi connectivity index (χ0v) is 18.9. The molecule has 1 saturated carbocycles. The van der Waals surface area contributed by atoms with Crippen LogP contribution in [0.25, 0.3) is 16.8 Å². The summed E-state index contributed by atoms with van der Waals surface area (Å²) < 4.78 is 30.6. The number of imidazole rings is 1. The third-order valence-corrected chi connectivity index (χ3v) is 6.60. The summed E-state index contributed by atoms with van der Waals surface area (Å²) in [5.41, 5.74) is 9.10. The van der Waals surface area contributed by atoms with Crippen molar-refractivity contribution in [2.24, 2.45) is 11.7 Å². The number of pyridine rings is 1. The lowest BCUT2D eigenvalue weighted by molar-refractivity contribution is 0.0521. The van der Waals surface area contributed by atoms with E-state index in [1.807, 2.05) is 13.0 Å². The highest BCUT2D eigenvalue weighted by molar-refractivity contribution is 5.66. The zero-order valence-electron chi connectivity index (χ0n) is 18.9. The number of aromatic nitrogens is 4. The molecule has 1 aromatic carbocycles. The third kappa shape index (κ3) is 4.01. The predicted octanol–water partition coefficient (Wildman–Crippen LogP) is 4.32. The molecule has 9 heteroatoms. The highest BCUT2D eigenvalue weighted by Crippen LogP contribution is 2.39. The molecule has 3 heterocycles. The Labute approximate surface area is 195 Å². The standard InChI is InChI=1S/C25H26F2N6O/c1-13-7-18(26)23(19(27)8-13)21-4-3-16-11-30-25(33(16)32-21)31-22-12-29-6-5-17(22)15-9-14(2)24(34)20(28)10-15/h3-8,11-12,14-15,20,24,34H,9-10,28H2,1-2H3,(H,30,31)/t14-,15+,20+,24-/m0/s1. The van der Waals surface area contributed by atoms with Gasteiger partial charge in [0, 0.05) is 12.2 Å². The van der Waals surface area contributed by atoms with Gasteiger partial charge in [-0.2, -0.15) is 9.61 Å². The van der Waals surface area contributed by atoms with E-state index in [1.165, 1.54) is 16.6 Å². The molecule has 0 unspecified atom stereocenters. The highest BCUT2D eigenvalue weighted by atomic mass is 19.1. The molecule has 0 spiro atoms. The lowest BCUT2D eigenvalue weighted by Crippen LogP contribution is -2.44. The topological polar surface area (TPSA) is 101 Å². The van der Waals surface area contributed by atoms with E-state index < -0.39 is 17.7 Å². The van der Waals surface area contributed by atoms with Crippen LogP contribution in [0.3, 0.4) is 0 Å². The number of nitrogens with two attached hydrogens (primary N) is 1. The van der Waals surface area contributed by atoms with Crippen molar-refractivity contribution < 1.29 is 13.9 Å².